The van der Waals surface area contributed by atoms with Crippen LogP contribution >= 0.6 is 0 Å². The molecule has 0 aliphatic heterocycles. The molecule has 2 heterocycles. The molecule has 2 aromatic rings. The second kappa shape index (κ2) is 5.32. The molecule has 20 heavy (non-hydrogen) atoms. The van der Waals surface area contributed by atoms with E-state index in [4.69, 9.17) is 5.73 Å². The number of nitrogens with two attached hydrogens (primary N) is 1. The number of pyridine rings is 1. The molecule has 106 valence electrons. The van der Waals surface area contributed by atoms with Crippen molar-refractivity contribution in [3.8, 4) is 0 Å². The molecule has 0 unspecified atom stereocenters. The first-order valence-electron chi connectivity index (χ1n) is 5.72. The molecule has 0 fully saturated rings. The summed E-state index contributed by atoms with van der Waals surface area (Å²) in [6.45, 7) is 2.11. The molecule has 0 radical (unpaired) electrons. The molecule has 0 amide bonds. The Balaban J connectivity index is 2.18. The van der Waals surface area contributed by atoms with Gasteiger partial charge in [-0.05, 0) is 18.6 Å². The van der Waals surface area contributed by atoms with Gasteiger partial charge in [-0.15, -0.1) is 0 Å². The molecule has 0 saturated heterocycles. The predicted molar refractivity (Wildman–Crippen MR) is 67.7 cm³/mol. The van der Waals surface area contributed by atoms with Gasteiger partial charge in [0, 0.05) is 12.3 Å². The highest BCUT2D eigenvalue weighted by Gasteiger charge is 2.35. The standard InChI is InChI=1S/C12H12F3N5/c1-7-3-2-4-17-8(7)6-18-10-5-9(16)19-11(20-10)12(13,14)15/h2-5H,6H2,1H3,(H3,16,18,19,20). The Hall–Kier alpha value is -2.38. The molecule has 5 nitrogen and oxygen atoms in total. The van der Waals surface area contributed by atoms with E-state index in [1.807, 2.05) is 13.0 Å². The van der Waals surface area contributed by atoms with Crippen molar-refractivity contribution in [1.29, 1.82) is 0 Å². The number of hydrogen-bond acceptors (Lipinski definition) is 5. The summed E-state index contributed by atoms with van der Waals surface area (Å²) in [5.41, 5.74) is 7.00. The second-order valence-electron chi connectivity index (χ2n) is 4.12. The molecule has 0 aliphatic rings. The molecule has 0 saturated carbocycles. The molecule has 0 aliphatic carbocycles. The smallest absolute Gasteiger partial charge is 0.384 e. The van der Waals surface area contributed by atoms with Gasteiger partial charge in [0.2, 0.25) is 5.82 Å². The van der Waals surface area contributed by atoms with Gasteiger partial charge in [0.25, 0.3) is 0 Å². The molecular formula is C12H12F3N5. The van der Waals surface area contributed by atoms with Crippen LogP contribution < -0.4 is 11.1 Å². The van der Waals surface area contributed by atoms with Crippen LogP contribution in [0.15, 0.2) is 24.4 Å². The third-order valence-corrected chi connectivity index (χ3v) is 2.55. The predicted octanol–water partition coefficient (Wildman–Crippen LogP) is 2.39. The van der Waals surface area contributed by atoms with E-state index < -0.39 is 12.0 Å². The molecule has 0 aromatic carbocycles. The van der Waals surface area contributed by atoms with E-state index in [0.717, 1.165) is 11.3 Å². The zero-order valence-electron chi connectivity index (χ0n) is 10.6. The van der Waals surface area contributed by atoms with Crippen LogP contribution in [0.1, 0.15) is 17.1 Å². The number of anilines is 2. The third kappa shape index (κ3) is 3.34. The third-order valence-electron chi connectivity index (χ3n) is 2.55. The Kier molecular flexibility index (Phi) is 3.73. The maximum absolute atomic E-state index is 12.6. The molecule has 8 heteroatoms. The number of rotatable bonds is 3. The molecule has 2 aromatic heterocycles. The van der Waals surface area contributed by atoms with E-state index in [1.165, 1.54) is 6.07 Å². The summed E-state index contributed by atoms with van der Waals surface area (Å²) in [7, 11) is 0. The van der Waals surface area contributed by atoms with Crippen LogP contribution in [-0.4, -0.2) is 15.0 Å². The largest absolute Gasteiger partial charge is 0.451 e. The van der Waals surface area contributed by atoms with Gasteiger partial charge in [0.05, 0.1) is 12.2 Å². The van der Waals surface area contributed by atoms with Crippen molar-refractivity contribution >= 4 is 11.6 Å². The fourth-order valence-corrected chi connectivity index (χ4v) is 1.56. The average Bonchev–Trinajstić information content (AvgIpc) is 2.36. The number of halogens is 3. The van der Waals surface area contributed by atoms with E-state index in [-0.39, 0.29) is 18.2 Å². The highest BCUT2D eigenvalue weighted by Crippen LogP contribution is 2.27. The summed E-state index contributed by atoms with van der Waals surface area (Å²) in [5.74, 6) is -1.50. The highest BCUT2D eigenvalue weighted by molar-refractivity contribution is 5.45. The van der Waals surface area contributed by atoms with Crippen molar-refractivity contribution < 1.29 is 13.2 Å². The topological polar surface area (TPSA) is 76.7 Å². The van der Waals surface area contributed by atoms with Gasteiger partial charge in [-0.2, -0.15) is 13.2 Å². The van der Waals surface area contributed by atoms with Gasteiger partial charge in [-0.25, -0.2) is 9.97 Å². The number of nitrogens with one attached hydrogen (secondary N) is 1. The van der Waals surface area contributed by atoms with Crippen molar-refractivity contribution in [3.63, 3.8) is 0 Å². The minimum atomic E-state index is -4.63. The highest BCUT2D eigenvalue weighted by atomic mass is 19.4. The van der Waals surface area contributed by atoms with Crippen LogP contribution in [0.4, 0.5) is 24.8 Å². The summed E-state index contributed by atoms with van der Waals surface area (Å²) < 4.78 is 37.7. The van der Waals surface area contributed by atoms with E-state index in [9.17, 15) is 13.2 Å². The first kappa shape index (κ1) is 14.0. The number of nitrogens with zero attached hydrogens (tertiary/aromatic N) is 3. The molecule has 2 rings (SSSR count). The van der Waals surface area contributed by atoms with E-state index in [2.05, 4.69) is 20.3 Å². The van der Waals surface area contributed by atoms with E-state index >= 15 is 0 Å². The Morgan fingerprint density at radius 2 is 2.05 bits per heavy atom. The minimum Gasteiger partial charge on any atom is -0.384 e. The summed E-state index contributed by atoms with van der Waals surface area (Å²) in [5, 5.41) is 2.76. The van der Waals surface area contributed by atoms with Crippen molar-refractivity contribution in [2.75, 3.05) is 11.1 Å². The Bertz CT molecular complexity index is 612. The quantitative estimate of drug-likeness (QED) is 0.904. The minimum absolute atomic E-state index is 0.00915. The summed E-state index contributed by atoms with van der Waals surface area (Å²) in [6, 6.07) is 4.89. The molecule has 0 bridgehead atoms. The lowest BCUT2D eigenvalue weighted by atomic mass is 10.2. The average molecular weight is 283 g/mol. The summed E-state index contributed by atoms with van der Waals surface area (Å²) in [6.07, 6.45) is -3.02. The number of aromatic nitrogens is 3. The lowest BCUT2D eigenvalue weighted by Crippen LogP contribution is -2.14. The van der Waals surface area contributed by atoms with Crippen LogP contribution in [0.2, 0.25) is 0 Å². The fourth-order valence-electron chi connectivity index (χ4n) is 1.56. The van der Waals surface area contributed by atoms with Crippen molar-refractivity contribution in [3.05, 3.63) is 41.5 Å². The van der Waals surface area contributed by atoms with Gasteiger partial charge < -0.3 is 11.1 Å². The van der Waals surface area contributed by atoms with Crippen molar-refractivity contribution in [2.45, 2.75) is 19.6 Å². The fraction of sp³-hybridized carbons (Fsp3) is 0.250. The molecule has 3 N–H and O–H groups in total. The Labute approximate surface area is 113 Å². The van der Waals surface area contributed by atoms with Gasteiger partial charge in [-0.3, -0.25) is 4.98 Å². The van der Waals surface area contributed by atoms with Crippen LogP contribution in [-0.2, 0) is 12.7 Å². The molecule has 0 atom stereocenters. The molecular weight excluding hydrogens is 271 g/mol. The monoisotopic (exact) mass is 283 g/mol. The first-order chi connectivity index (χ1) is 9.36. The lowest BCUT2D eigenvalue weighted by molar-refractivity contribution is -0.144. The number of aryl methyl sites for hydroxylation is 1. The Morgan fingerprint density at radius 3 is 2.70 bits per heavy atom. The zero-order valence-corrected chi connectivity index (χ0v) is 10.6. The maximum Gasteiger partial charge on any atom is 0.451 e. The van der Waals surface area contributed by atoms with Crippen LogP contribution in [0.25, 0.3) is 0 Å². The van der Waals surface area contributed by atoms with Crippen LogP contribution in [0.5, 0.6) is 0 Å². The van der Waals surface area contributed by atoms with E-state index in [1.54, 1.807) is 12.3 Å². The molecule has 0 spiro atoms. The van der Waals surface area contributed by atoms with Crippen molar-refractivity contribution in [2.24, 2.45) is 0 Å². The van der Waals surface area contributed by atoms with Gasteiger partial charge in [0.1, 0.15) is 11.6 Å². The van der Waals surface area contributed by atoms with E-state index in [0.29, 0.717) is 0 Å². The van der Waals surface area contributed by atoms with Crippen LogP contribution in [0.3, 0.4) is 0 Å². The van der Waals surface area contributed by atoms with Crippen LogP contribution in [0, 0.1) is 6.92 Å². The van der Waals surface area contributed by atoms with Crippen molar-refractivity contribution in [1.82, 2.24) is 15.0 Å². The Morgan fingerprint density at radius 1 is 1.30 bits per heavy atom. The second-order valence-corrected chi connectivity index (χ2v) is 4.12. The maximum atomic E-state index is 12.6. The van der Waals surface area contributed by atoms with Gasteiger partial charge >= 0.3 is 6.18 Å². The number of hydrogen-bond donors (Lipinski definition) is 2. The normalized spacial score (nSPS) is 11.4. The SMILES string of the molecule is Cc1cccnc1CNc1cc(N)nc(C(F)(F)F)n1. The number of nitrogen functional groups attached to an aromatic ring is 1. The summed E-state index contributed by atoms with van der Waals surface area (Å²) in [4.78, 5) is 10.7. The number of alkyl halides is 3. The lowest BCUT2D eigenvalue weighted by Gasteiger charge is -2.10. The first-order valence-corrected chi connectivity index (χ1v) is 5.72. The van der Waals surface area contributed by atoms with Gasteiger partial charge in [-0.1, -0.05) is 6.07 Å². The van der Waals surface area contributed by atoms with Gasteiger partial charge in [0.15, 0.2) is 0 Å². The summed E-state index contributed by atoms with van der Waals surface area (Å²) >= 11 is 0. The zero-order chi connectivity index (χ0) is 14.8.